The fourth-order valence-corrected chi connectivity index (χ4v) is 3.24. The van der Waals surface area contributed by atoms with Crippen LogP contribution in [0.4, 0.5) is 16.4 Å². The van der Waals surface area contributed by atoms with Crippen LogP contribution in [-0.4, -0.2) is 62.9 Å². The van der Waals surface area contributed by atoms with Crippen molar-refractivity contribution < 1.29 is 32.2 Å². The summed E-state index contributed by atoms with van der Waals surface area (Å²) in [6, 6.07) is 2.19. The van der Waals surface area contributed by atoms with Crippen molar-refractivity contribution in [2.75, 3.05) is 32.1 Å². The highest BCUT2D eigenvalue weighted by molar-refractivity contribution is 7.90. The lowest BCUT2D eigenvalue weighted by Crippen LogP contribution is -2.35. The maximum Gasteiger partial charge on any atom is 0.339 e. The molecule has 0 saturated heterocycles. The molecule has 2 aromatic rings. The lowest BCUT2D eigenvalue weighted by molar-refractivity contribution is 0.0596. The molecule has 1 aromatic heterocycles. The molecular weight excluding hydrogens is 434 g/mol. The maximum absolute atomic E-state index is 12.8. The first kappa shape index (κ1) is 23.3. The highest BCUT2D eigenvalue weighted by atomic mass is 32.2. The molecule has 0 aliphatic heterocycles. The smallest absolute Gasteiger partial charge is 0.339 e. The van der Waals surface area contributed by atoms with Crippen molar-refractivity contribution in [3.05, 3.63) is 23.8 Å². The average Bonchev–Trinajstić information content (AvgIpc) is 2.76. The van der Waals surface area contributed by atoms with Gasteiger partial charge >= 0.3 is 24.0 Å². The number of anilines is 2. The van der Waals surface area contributed by atoms with Gasteiger partial charge in [0.1, 0.15) is 4.90 Å². The van der Waals surface area contributed by atoms with Gasteiger partial charge in [-0.3, -0.25) is 10.7 Å². The number of sulfonamides is 1. The quantitative estimate of drug-likeness (QED) is 0.289. The summed E-state index contributed by atoms with van der Waals surface area (Å²) in [6.07, 6.45) is 1.44. The van der Waals surface area contributed by atoms with E-state index in [0.717, 1.165) is 13.2 Å². The molecule has 0 unspecified atom stereocenters. The SMILES string of the molecule is CC=NNc1ccc(C(=O)OC)c(S(=O)(=O)NC(=O)Nc2nc(OC)nc(OC)n2)c1. The fraction of sp³-hybridized carbons (Fsp3) is 0.250. The molecule has 0 bridgehead atoms. The number of hydrazone groups is 1. The van der Waals surface area contributed by atoms with Gasteiger partial charge in [-0.1, -0.05) is 0 Å². The standard InChI is InChI=1S/C16H19N7O7S/c1-5-17-22-9-6-7-10(12(24)28-2)11(8-9)31(26,27)23-14(25)18-13-19-15(29-3)21-16(20-13)30-4/h5-8,22H,1-4H3,(H2,18,19,20,21,23,25). The van der Waals surface area contributed by atoms with Crippen LogP contribution in [0, 0.1) is 0 Å². The number of esters is 1. The summed E-state index contributed by atoms with van der Waals surface area (Å²) < 4.78 is 41.7. The Kier molecular flexibility index (Phi) is 7.62. The van der Waals surface area contributed by atoms with Gasteiger partial charge < -0.3 is 14.2 Å². The van der Waals surface area contributed by atoms with E-state index in [4.69, 9.17) is 9.47 Å². The molecule has 0 saturated carbocycles. The summed E-state index contributed by atoms with van der Waals surface area (Å²) >= 11 is 0. The molecule has 0 atom stereocenters. The predicted molar refractivity (Wildman–Crippen MR) is 108 cm³/mol. The Balaban J connectivity index is 2.34. The number of benzene rings is 1. The lowest BCUT2D eigenvalue weighted by Gasteiger charge is -2.12. The predicted octanol–water partition coefficient (Wildman–Crippen LogP) is 0.603. The number of hydrogen-bond acceptors (Lipinski definition) is 12. The summed E-state index contributed by atoms with van der Waals surface area (Å²) in [4.78, 5) is 35.0. The largest absolute Gasteiger partial charge is 0.467 e. The van der Waals surface area contributed by atoms with Crippen molar-refractivity contribution >= 4 is 39.9 Å². The second kappa shape index (κ2) is 10.1. The Bertz CT molecular complexity index is 1080. The number of nitrogens with zero attached hydrogens (tertiary/aromatic N) is 4. The normalized spacial score (nSPS) is 11.0. The number of ether oxygens (including phenoxy) is 3. The van der Waals surface area contributed by atoms with Crippen molar-refractivity contribution in [3.8, 4) is 12.0 Å². The second-order valence-electron chi connectivity index (χ2n) is 5.39. The van der Waals surface area contributed by atoms with Crippen LogP contribution in [0.25, 0.3) is 0 Å². The minimum absolute atomic E-state index is 0.173. The van der Waals surface area contributed by atoms with Crippen LogP contribution < -0.4 is 24.9 Å². The van der Waals surface area contributed by atoms with Crippen LogP contribution in [0.2, 0.25) is 0 Å². The molecule has 2 rings (SSSR count). The molecular formula is C16H19N7O7S. The topological polar surface area (TPSA) is 183 Å². The third-order valence-electron chi connectivity index (χ3n) is 3.41. The van der Waals surface area contributed by atoms with E-state index in [9.17, 15) is 18.0 Å². The van der Waals surface area contributed by atoms with E-state index in [-0.39, 0.29) is 29.2 Å². The molecule has 0 aliphatic rings. The highest BCUT2D eigenvalue weighted by Gasteiger charge is 2.26. The Hall–Kier alpha value is -4.01. The zero-order chi connectivity index (χ0) is 23.0. The maximum atomic E-state index is 12.8. The summed E-state index contributed by atoms with van der Waals surface area (Å²) in [6.45, 7) is 1.64. The minimum atomic E-state index is -4.53. The third kappa shape index (κ3) is 5.99. The summed E-state index contributed by atoms with van der Waals surface area (Å²) in [7, 11) is -0.884. The molecule has 14 nitrogen and oxygen atoms in total. The number of hydrogen-bond donors (Lipinski definition) is 3. The number of aromatic nitrogens is 3. The van der Waals surface area contributed by atoms with Gasteiger partial charge in [-0.05, 0) is 25.1 Å². The molecule has 15 heteroatoms. The summed E-state index contributed by atoms with van der Waals surface area (Å²) in [5.74, 6) is -1.25. The van der Waals surface area contributed by atoms with E-state index < -0.39 is 26.9 Å². The second-order valence-corrected chi connectivity index (χ2v) is 7.04. The Labute approximate surface area is 177 Å². The van der Waals surface area contributed by atoms with Gasteiger partial charge in [-0.25, -0.2) is 22.7 Å². The van der Waals surface area contributed by atoms with Gasteiger partial charge in [0.25, 0.3) is 10.0 Å². The molecule has 0 fully saturated rings. The van der Waals surface area contributed by atoms with Crippen LogP contribution >= 0.6 is 0 Å². The van der Waals surface area contributed by atoms with Crippen LogP contribution in [0.5, 0.6) is 12.0 Å². The number of carbonyl (C=O) groups excluding carboxylic acids is 2. The molecule has 1 aromatic carbocycles. The van der Waals surface area contributed by atoms with Crippen molar-refractivity contribution in [1.82, 2.24) is 19.7 Å². The van der Waals surface area contributed by atoms with Crippen LogP contribution in [0.15, 0.2) is 28.2 Å². The number of methoxy groups -OCH3 is 3. The summed E-state index contributed by atoms with van der Waals surface area (Å²) in [5.41, 5.74) is 2.53. The highest BCUT2D eigenvalue weighted by Crippen LogP contribution is 2.22. The lowest BCUT2D eigenvalue weighted by atomic mass is 10.2. The Morgan fingerprint density at radius 3 is 2.26 bits per heavy atom. The zero-order valence-electron chi connectivity index (χ0n) is 16.9. The van der Waals surface area contributed by atoms with Gasteiger partial charge in [0.05, 0.1) is 32.6 Å². The van der Waals surface area contributed by atoms with Crippen LogP contribution in [-0.2, 0) is 14.8 Å². The van der Waals surface area contributed by atoms with Gasteiger partial charge in [-0.2, -0.15) is 15.1 Å². The molecule has 0 aliphatic carbocycles. The Morgan fingerprint density at radius 1 is 1.06 bits per heavy atom. The minimum Gasteiger partial charge on any atom is -0.467 e. The summed E-state index contributed by atoms with van der Waals surface area (Å²) in [5, 5.41) is 5.90. The van der Waals surface area contributed by atoms with Crippen LogP contribution in [0.3, 0.4) is 0 Å². The number of urea groups is 1. The third-order valence-corrected chi connectivity index (χ3v) is 4.78. The molecule has 3 N–H and O–H groups in total. The van der Waals surface area contributed by atoms with Gasteiger partial charge in [-0.15, -0.1) is 4.98 Å². The Morgan fingerprint density at radius 2 is 1.71 bits per heavy atom. The van der Waals surface area contributed by atoms with Gasteiger partial charge in [0.2, 0.25) is 5.95 Å². The van der Waals surface area contributed by atoms with E-state index in [2.05, 4.69) is 35.5 Å². The molecule has 0 spiro atoms. The van der Waals surface area contributed by atoms with Crippen molar-refractivity contribution in [3.63, 3.8) is 0 Å². The molecule has 2 amide bonds. The van der Waals surface area contributed by atoms with Gasteiger partial charge in [0, 0.05) is 6.21 Å². The van der Waals surface area contributed by atoms with E-state index in [1.165, 1.54) is 32.6 Å². The zero-order valence-corrected chi connectivity index (χ0v) is 17.7. The first-order chi connectivity index (χ1) is 14.7. The number of rotatable bonds is 8. The number of nitrogens with one attached hydrogen (secondary N) is 3. The fourth-order valence-electron chi connectivity index (χ4n) is 2.11. The first-order valence-electron chi connectivity index (χ1n) is 8.38. The van der Waals surface area contributed by atoms with E-state index in [1.807, 2.05) is 0 Å². The van der Waals surface area contributed by atoms with Crippen molar-refractivity contribution in [2.45, 2.75) is 11.8 Å². The monoisotopic (exact) mass is 453 g/mol. The molecule has 0 radical (unpaired) electrons. The molecule has 1 heterocycles. The van der Waals surface area contributed by atoms with E-state index >= 15 is 0 Å². The first-order valence-corrected chi connectivity index (χ1v) is 9.86. The average molecular weight is 453 g/mol. The number of amides is 2. The van der Waals surface area contributed by atoms with Gasteiger partial charge in [0.15, 0.2) is 0 Å². The van der Waals surface area contributed by atoms with E-state index in [0.29, 0.717) is 0 Å². The number of carbonyl (C=O) groups is 2. The molecule has 166 valence electrons. The van der Waals surface area contributed by atoms with Crippen molar-refractivity contribution in [1.29, 1.82) is 0 Å². The van der Waals surface area contributed by atoms with E-state index in [1.54, 1.807) is 11.6 Å². The van der Waals surface area contributed by atoms with Crippen molar-refractivity contribution in [2.24, 2.45) is 5.10 Å². The molecule has 31 heavy (non-hydrogen) atoms. The van der Waals surface area contributed by atoms with Crippen LogP contribution in [0.1, 0.15) is 17.3 Å².